The van der Waals surface area contributed by atoms with Crippen LogP contribution in [0.1, 0.15) is 32.6 Å². The number of nitrogens with one attached hydrogen (secondary N) is 2. The third-order valence-corrected chi connectivity index (χ3v) is 4.68. The number of aromatic amines is 2. The summed E-state index contributed by atoms with van der Waals surface area (Å²) < 4.78 is 0. The van der Waals surface area contributed by atoms with Crippen molar-refractivity contribution in [1.29, 1.82) is 0 Å². The maximum Gasteiger partial charge on any atom is 0.263 e. The average Bonchev–Trinajstić information content (AvgIpc) is 3.03. The van der Waals surface area contributed by atoms with Crippen LogP contribution in [0.5, 0.6) is 0 Å². The number of H-pyrrole nitrogens is 2. The van der Waals surface area contributed by atoms with E-state index in [4.69, 9.17) is 0 Å². The van der Waals surface area contributed by atoms with Gasteiger partial charge in [-0.3, -0.25) is 14.9 Å². The van der Waals surface area contributed by atoms with Crippen molar-refractivity contribution < 1.29 is 0 Å². The van der Waals surface area contributed by atoms with Crippen LogP contribution in [0.4, 0.5) is 5.95 Å². The molecule has 0 spiro atoms. The zero-order chi connectivity index (χ0) is 16.2. The second kappa shape index (κ2) is 7.12. The van der Waals surface area contributed by atoms with Crippen molar-refractivity contribution in [3.05, 3.63) is 16.6 Å². The van der Waals surface area contributed by atoms with Crippen molar-refractivity contribution in [2.45, 2.75) is 32.6 Å². The number of rotatable bonds is 6. The highest BCUT2D eigenvalue weighted by atomic mass is 16.1. The van der Waals surface area contributed by atoms with Gasteiger partial charge in [-0.15, -0.1) is 0 Å². The number of unbranched alkanes of at least 4 members (excludes halogenated alkanes) is 1. The average molecular weight is 318 g/mol. The first-order chi connectivity index (χ1) is 11.2. The molecule has 0 amide bonds. The van der Waals surface area contributed by atoms with Crippen LogP contribution in [0.2, 0.25) is 0 Å². The van der Waals surface area contributed by atoms with Gasteiger partial charge in [-0.25, -0.2) is 0 Å². The number of anilines is 1. The predicted molar refractivity (Wildman–Crippen MR) is 91.9 cm³/mol. The molecule has 1 fully saturated rings. The van der Waals surface area contributed by atoms with Crippen molar-refractivity contribution in [3.63, 3.8) is 0 Å². The third kappa shape index (κ3) is 3.72. The first-order valence-corrected chi connectivity index (χ1v) is 8.54. The monoisotopic (exact) mass is 318 g/mol. The highest BCUT2D eigenvalue weighted by molar-refractivity contribution is 5.73. The minimum Gasteiger partial charge on any atom is -0.342 e. The van der Waals surface area contributed by atoms with E-state index in [-0.39, 0.29) is 5.56 Å². The Hall–Kier alpha value is -1.89. The Kier molecular flexibility index (Phi) is 4.95. The van der Waals surface area contributed by atoms with Gasteiger partial charge < -0.3 is 9.80 Å². The molecule has 0 radical (unpaired) electrons. The summed E-state index contributed by atoms with van der Waals surface area (Å²) >= 11 is 0. The summed E-state index contributed by atoms with van der Waals surface area (Å²) in [5, 5.41) is 7.18. The minimum absolute atomic E-state index is 0.125. The highest BCUT2D eigenvalue weighted by Crippen LogP contribution is 2.21. The number of hydrogen-bond donors (Lipinski definition) is 2. The van der Waals surface area contributed by atoms with Gasteiger partial charge in [0, 0.05) is 19.6 Å². The molecule has 0 aliphatic carbocycles. The Bertz CT molecular complexity index is 685. The lowest BCUT2D eigenvalue weighted by molar-refractivity contribution is 0.245. The molecule has 7 heteroatoms. The zero-order valence-electron chi connectivity index (χ0n) is 14.0. The molecule has 0 atom stereocenters. The smallest absolute Gasteiger partial charge is 0.263 e. The second-order valence-corrected chi connectivity index (χ2v) is 6.57. The topological polar surface area (TPSA) is 80.9 Å². The fourth-order valence-electron chi connectivity index (χ4n) is 3.27. The van der Waals surface area contributed by atoms with Gasteiger partial charge >= 0.3 is 0 Å². The Morgan fingerprint density at radius 3 is 2.91 bits per heavy atom. The molecule has 7 nitrogen and oxygen atoms in total. The summed E-state index contributed by atoms with van der Waals surface area (Å²) in [5.41, 5.74) is 0.436. The molecule has 126 valence electrons. The van der Waals surface area contributed by atoms with E-state index in [0.717, 1.165) is 38.4 Å². The molecule has 0 unspecified atom stereocenters. The summed E-state index contributed by atoms with van der Waals surface area (Å²) in [4.78, 5) is 24.0. The third-order valence-electron chi connectivity index (χ3n) is 4.68. The van der Waals surface area contributed by atoms with Gasteiger partial charge in [0.25, 0.3) is 5.56 Å². The van der Waals surface area contributed by atoms with Crippen LogP contribution in [0.25, 0.3) is 11.0 Å². The van der Waals surface area contributed by atoms with Crippen LogP contribution in [0.3, 0.4) is 0 Å². The van der Waals surface area contributed by atoms with Gasteiger partial charge in [-0.1, -0.05) is 13.3 Å². The van der Waals surface area contributed by atoms with Crippen LogP contribution >= 0.6 is 0 Å². The van der Waals surface area contributed by atoms with E-state index in [1.807, 2.05) is 0 Å². The summed E-state index contributed by atoms with van der Waals surface area (Å²) in [6, 6.07) is 0. The molecular formula is C16H26N6O. The second-order valence-electron chi connectivity index (χ2n) is 6.57. The van der Waals surface area contributed by atoms with E-state index in [1.54, 1.807) is 0 Å². The summed E-state index contributed by atoms with van der Waals surface area (Å²) in [6.07, 6.45) is 6.31. The van der Waals surface area contributed by atoms with E-state index in [2.05, 4.69) is 43.9 Å². The Labute approximate surface area is 136 Å². The molecule has 1 saturated heterocycles. The lowest BCUT2D eigenvalue weighted by Gasteiger charge is -2.34. The molecule has 2 N–H and O–H groups in total. The maximum atomic E-state index is 12.0. The fraction of sp³-hybridized carbons (Fsp3) is 0.688. The summed E-state index contributed by atoms with van der Waals surface area (Å²) in [7, 11) is 2.22. The lowest BCUT2D eigenvalue weighted by atomic mass is 9.96. The van der Waals surface area contributed by atoms with E-state index >= 15 is 0 Å². The molecule has 1 aliphatic rings. The van der Waals surface area contributed by atoms with E-state index in [1.165, 1.54) is 25.6 Å². The van der Waals surface area contributed by atoms with Gasteiger partial charge in [0.05, 0.1) is 6.20 Å². The standard InChI is InChI=1S/C16H26N6O/c1-3-4-7-21(2)11-12-5-8-22(9-6-12)16-18-14-13(10-17-20-14)15(23)19-16/h10,12H,3-9,11H2,1-2H3,(H2,17,18,19,20,23). The maximum absolute atomic E-state index is 12.0. The number of hydrogen-bond acceptors (Lipinski definition) is 5. The molecule has 1 aliphatic heterocycles. The Morgan fingerprint density at radius 2 is 2.17 bits per heavy atom. The lowest BCUT2D eigenvalue weighted by Crippen LogP contribution is -2.39. The van der Waals surface area contributed by atoms with Crippen LogP contribution < -0.4 is 10.5 Å². The first kappa shape index (κ1) is 16.0. The molecular weight excluding hydrogens is 292 g/mol. The van der Waals surface area contributed by atoms with Crippen LogP contribution in [-0.4, -0.2) is 58.3 Å². The number of aromatic nitrogens is 4. The summed E-state index contributed by atoms with van der Waals surface area (Å²) in [5.74, 6) is 1.39. The minimum atomic E-state index is -0.125. The zero-order valence-corrected chi connectivity index (χ0v) is 14.0. The predicted octanol–water partition coefficient (Wildman–Crippen LogP) is 1.59. The molecule has 0 bridgehead atoms. The largest absolute Gasteiger partial charge is 0.342 e. The van der Waals surface area contributed by atoms with Crippen molar-refractivity contribution in [3.8, 4) is 0 Å². The van der Waals surface area contributed by atoms with Gasteiger partial charge in [0.1, 0.15) is 5.39 Å². The van der Waals surface area contributed by atoms with Crippen LogP contribution in [-0.2, 0) is 0 Å². The summed E-state index contributed by atoms with van der Waals surface area (Å²) in [6.45, 7) is 6.46. The molecule has 2 aromatic rings. The molecule has 3 heterocycles. The molecule has 2 aromatic heterocycles. The van der Waals surface area contributed by atoms with Gasteiger partial charge in [0.2, 0.25) is 5.95 Å². The van der Waals surface area contributed by atoms with Gasteiger partial charge in [-0.2, -0.15) is 10.1 Å². The number of fused-ring (bicyclic) bond motifs is 1. The SMILES string of the molecule is CCCCN(C)CC1CCN(c2nc3[nH]ncc3c(=O)[nH]2)CC1. The van der Waals surface area contributed by atoms with Gasteiger partial charge in [0.15, 0.2) is 5.65 Å². The number of piperidine rings is 1. The quantitative estimate of drug-likeness (QED) is 0.845. The fourth-order valence-corrected chi connectivity index (χ4v) is 3.27. The highest BCUT2D eigenvalue weighted by Gasteiger charge is 2.22. The van der Waals surface area contributed by atoms with Gasteiger partial charge in [-0.05, 0) is 38.8 Å². The van der Waals surface area contributed by atoms with Crippen molar-refractivity contribution in [2.75, 3.05) is 38.1 Å². The van der Waals surface area contributed by atoms with Crippen molar-refractivity contribution in [1.82, 2.24) is 25.1 Å². The first-order valence-electron chi connectivity index (χ1n) is 8.54. The number of nitrogens with zero attached hydrogens (tertiary/aromatic N) is 4. The van der Waals surface area contributed by atoms with Crippen molar-refractivity contribution in [2.24, 2.45) is 5.92 Å². The van der Waals surface area contributed by atoms with Crippen molar-refractivity contribution >= 4 is 17.0 Å². The van der Waals surface area contributed by atoms with E-state index < -0.39 is 0 Å². The van der Waals surface area contributed by atoms with E-state index in [0.29, 0.717) is 17.0 Å². The van der Waals surface area contributed by atoms with Crippen LogP contribution in [0.15, 0.2) is 11.0 Å². The van der Waals surface area contributed by atoms with Crippen LogP contribution in [0, 0.1) is 5.92 Å². The molecule has 0 aromatic carbocycles. The molecule has 23 heavy (non-hydrogen) atoms. The molecule has 0 saturated carbocycles. The Balaban J connectivity index is 1.58. The Morgan fingerprint density at radius 1 is 1.39 bits per heavy atom. The normalized spacial score (nSPS) is 16.6. The van der Waals surface area contributed by atoms with E-state index in [9.17, 15) is 4.79 Å². The molecule has 3 rings (SSSR count).